The first-order valence-corrected chi connectivity index (χ1v) is 6.40. The number of hydrogen-bond donors (Lipinski definition) is 2. The van der Waals surface area contributed by atoms with Gasteiger partial charge >= 0.3 is 0 Å². The van der Waals surface area contributed by atoms with E-state index in [4.69, 9.17) is 0 Å². The van der Waals surface area contributed by atoms with E-state index in [2.05, 4.69) is 20.3 Å². The molecule has 0 atom stereocenters. The van der Waals surface area contributed by atoms with Gasteiger partial charge in [-0.15, -0.1) is 0 Å². The number of anilines is 1. The molecule has 0 aliphatic rings. The minimum Gasteiger partial charge on any atom is -0.296 e. The number of aliphatic imine (C=N–C) groups is 1. The molecular formula is C13H20N4O2. The van der Waals surface area contributed by atoms with E-state index in [0.29, 0.717) is 5.69 Å². The summed E-state index contributed by atoms with van der Waals surface area (Å²) in [6.45, 7) is 7.26. The van der Waals surface area contributed by atoms with Gasteiger partial charge in [-0.25, -0.2) is 4.98 Å². The summed E-state index contributed by atoms with van der Waals surface area (Å²) in [4.78, 5) is 34.1. The Bertz CT molecular complexity index is 532. The molecule has 1 rings (SSSR count). The highest BCUT2D eigenvalue weighted by atomic mass is 16.2. The highest BCUT2D eigenvalue weighted by Gasteiger charge is 2.11. The summed E-state index contributed by atoms with van der Waals surface area (Å²) in [6.07, 6.45) is 3.48. The summed E-state index contributed by atoms with van der Waals surface area (Å²) in [5.74, 6) is -0.201. The van der Waals surface area contributed by atoms with Gasteiger partial charge in [0.15, 0.2) is 0 Å². The van der Waals surface area contributed by atoms with Gasteiger partial charge in [0.25, 0.3) is 5.56 Å². The third-order valence-electron chi connectivity index (χ3n) is 2.47. The van der Waals surface area contributed by atoms with Crippen LogP contribution in [0.2, 0.25) is 0 Å². The number of unbranched alkanes of at least 4 members (excludes halogenated alkanes) is 1. The molecule has 0 unspecified atom stereocenters. The maximum Gasteiger partial charge on any atom is 0.278 e. The quantitative estimate of drug-likeness (QED) is 0.799. The fourth-order valence-corrected chi connectivity index (χ4v) is 1.34. The number of rotatable bonds is 5. The van der Waals surface area contributed by atoms with Crippen LogP contribution in [0.3, 0.4) is 0 Å². The van der Waals surface area contributed by atoms with Crippen molar-refractivity contribution in [3.63, 3.8) is 0 Å². The molecule has 0 spiro atoms. The molecule has 1 heterocycles. The van der Waals surface area contributed by atoms with E-state index in [0.717, 1.165) is 12.8 Å². The predicted molar refractivity (Wildman–Crippen MR) is 76.1 cm³/mol. The number of amides is 1. The van der Waals surface area contributed by atoms with Crippen molar-refractivity contribution < 1.29 is 4.79 Å². The molecule has 0 saturated heterocycles. The topological polar surface area (TPSA) is 87.2 Å². The monoisotopic (exact) mass is 264 g/mol. The molecule has 0 saturated carbocycles. The summed E-state index contributed by atoms with van der Waals surface area (Å²) < 4.78 is 0. The van der Waals surface area contributed by atoms with Gasteiger partial charge in [-0.2, -0.15) is 0 Å². The minimum absolute atomic E-state index is 0.163. The number of nitrogens with zero attached hydrogens (tertiary/aromatic N) is 2. The first kappa shape index (κ1) is 15.1. The Balaban J connectivity index is 2.97. The molecule has 0 bridgehead atoms. The largest absolute Gasteiger partial charge is 0.296 e. The van der Waals surface area contributed by atoms with Crippen LogP contribution in [-0.4, -0.2) is 22.1 Å². The van der Waals surface area contributed by atoms with Crippen molar-refractivity contribution in [3.05, 3.63) is 16.0 Å². The van der Waals surface area contributed by atoms with Gasteiger partial charge in [0, 0.05) is 12.1 Å². The molecule has 0 radical (unpaired) electrons. The predicted octanol–water partition coefficient (Wildman–Crippen LogP) is 2.18. The van der Waals surface area contributed by atoms with Crippen LogP contribution in [0.4, 0.5) is 11.6 Å². The second-order valence-corrected chi connectivity index (χ2v) is 4.59. The summed E-state index contributed by atoms with van der Waals surface area (Å²) in [6, 6.07) is 0. The Kier molecular flexibility index (Phi) is 5.41. The van der Waals surface area contributed by atoms with Gasteiger partial charge in [0.1, 0.15) is 5.69 Å². The number of hydrogen-bond acceptors (Lipinski definition) is 4. The van der Waals surface area contributed by atoms with E-state index >= 15 is 0 Å². The third-order valence-corrected chi connectivity index (χ3v) is 2.47. The molecule has 2 N–H and O–H groups in total. The smallest absolute Gasteiger partial charge is 0.278 e. The lowest BCUT2D eigenvalue weighted by Gasteiger charge is -2.07. The fourth-order valence-electron chi connectivity index (χ4n) is 1.34. The van der Waals surface area contributed by atoms with E-state index in [9.17, 15) is 9.59 Å². The van der Waals surface area contributed by atoms with E-state index in [1.54, 1.807) is 27.0 Å². The summed E-state index contributed by atoms with van der Waals surface area (Å²) in [7, 11) is 0. The van der Waals surface area contributed by atoms with Gasteiger partial charge in [-0.1, -0.05) is 27.2 Å². The fraction of sp³-hybridized carbons (Fsp3) is 0.538. The average Bonchev–Trinajstić information content (AvgIpc) is 2.32. The number of aromatic amines is 1. The Morgan fingerprint density at radius 1 is 1.53 bits per heavy atom. The Labute approximate surface area is 112 Å². The Morgan fingerprint density at radius 2 is 2.21 bits per heavy atom. The molecule has 1 amide bonds. The molecule has 6 nitrogen and oxygen atoms in total. The highest BCUT2D eigenvalue weighted by molar-refractivity contribution is 5.90. The van der Waals surface area contributed by atoms with Crippen LogP contribution in [0.25, 0.3) is 0 Å². The van der Waals surface area contributed by atoms with Crippen LogP contribution < -0.4 is 10.9 Å². The zero-order valence-corrected chi connectivity index (χ0v) is 11.8. The molecule has 1 aromatic heterocycles. The van der Waals surface area contributed by atoms with Crippen molar-refractivity contribution in [2.24, 2.45) is 10.9 Å². The molecule has 0 aliphatic carbocycles. The van der Waals surface area contributed by atoms with Crippen molar-refractivity contribution in [2.75, 3.05) is 5.32 Å². The number of aromatic nitrogens is 2. The highest BCUT2D eigenvalue weighted by Crippen LogP contribution is 2.11. The maximum absolute atomic E-state index is 11.8. The zero-order chi connectivity index (χ0) is 14.4. The summed E-state index contributed by atoms with van der Waals surface area (Å²) >= 11 is 0. The minimum atomic E-state index is -0.348. The average molecular weight is 264 g/mol. The normalized spacial score (nSPS) is 11.2. The van der Waals surface area contributed by atoms with Crippen LogP contribution in [0.5, 0.6) is 0 Å². The first-order chi connectivity index (χ1) is 8.95. The number of H-pyrrole nitrogens is 1. The third kappa shape index (κ3) is 4.31. The lowest BCUT2D eigenvalue weighted by molar-refractivity contribution is -0.118. The van der Waals surface area contributed by atoms with Gasteiger partial charge < -0.3 is 0 Å². The molecule has 0 fully saturated rings. The van der Waals surface area contributed by atoms with Crippen molar-refractivity contribution in [1.29, 1.82) is 0 Å². The first-order valence-electron chi connectivity index (χ1n) is 6.40. The molecule has 1 aromatic rings. The molecule has 19 heavy (non-hydrogen) atoms. The van der Waals surface area contributed by atoms with E-state index in [1.165, 1.54) is 0 Å². The number of carbonyl (C=O) groups is 1. The van der Waals surface area contributed by atoms with Crippen LogP contribution in [0, 0.1) is 12.8 Å². The van der Waals surface area contributed by atoms with Crippen molar-refractivity contribution in [1.82, 2.24) is 9.97 Å². The summed E-state index contributed by atoms with van der Waals surface area (Å²) in [5, 5.41) is 2.56. The van der Waals surface area contributed by atoms with Crippen molar-refractivity contribution >= 4 is 23.8 Å². The molecule has 6 heteroatoms. The van der Waals surface area contributed by atoms with Crippen LogP contribution >= 0.6 is 0 Å². The van der Waals surface area contributed by atoms with Crippen LogP contribution in [0.15, 0.2) is 9.79 Å². The maximum atomic E-state index is 11.8. The molecular weight excluding hydrogens is 244 g/mol. The molecule has 104 valence electrons. The standard InChI is InChI=1S/C13H20N4O2/c1-5-6-7-14-10-9(4)15-13(17-12(10)19)16-11(18)8(2)3/h7-8H,5-6H2,1-4H3,(H2,15,16,17,18,19). The van der Waals surface area contributed by atoms with Crippen LogP contribution in [0.1, 0.15) is 39.3 Å². The number of carbonyl (C=O) groups excluding carboxylic acids is 1. The van der Waals surface area contributed by atoms with E-state index in [-0.39, 0.29) is 29.0 Å². The number of nitrogens with one attached hydrogen (secondary N) is 2. The Morgan fingerprint density at radius 3 is 2.74 bits per heavy atom. The van der Waals surface area contributed by atoms with Gasteiger partial charge in [0.05, 0.1) is 5.69 Å². The molecule has 0 aliphatic heterocycles. The van der Waals surface area contributed by atoms with Crippen LogP contribution in [-0.2, 0) is 4.79 Å². The zero-order valence-electron chi connectivity index (χ0n) is 11.8. The van der Waals surface area contributed by atoms with E-state index in [1.807, 2.05) is 6.92 Å². The second kappa shape index (κ2) is 6.82. The van der Waals surface area contributed by atoms with Gasteiger partial charge in [0.2, 0.25) is 11.9 Å². The second-order valence-electron chi connectivity index (χ2n) is 4.59. The summed E-state index contributed by atoms with van der Waals surface area (Å²) in [5.41, 5.74) is 0.435. The van der Waals surface area contributed by atoms with Crippen molar-refractivity contribution in [2.45, 2.75) is 40.5 Å². The lowest BCUT2D eigenvalue weighted by atomic mass is 10.2. The van der Waals surface area contributed by atoms with Gasteiger partial charge in [-0.05, 0) is 13.3 Å². The van der Waals surface area contributed by atoms with E-state index < -0.39 is 0 Å². The SMILES string of the molecule is CCCC=Nc1c(C)nc(NC(=O)C(C)C)[nH]c1=O. The van der Waals surface area contributed by atoms with Gasteiger partial charge in [-0.3, -0.25) is 24.9 Å². The lowest BCUT2D eigenvalue weighted by Crippen LogP contribution is -2.22. The number of aryl methyl sites for hydroxylation is 1. The van der Waals surface area contributed by atoms with Crippen molar-refractivity contribution in [3.8, 4) is 0 Å². The Hall–Kier alpha value is -1.98. The molecule has 0 aromatic carbocycles.